The molecule has 0 bridgehead atoms. The molecule has 248 valence electrons. The highest BCUT2D eigenvalue weighted by Gasteiger charge is 2.46. The third kappa shape index (κ3) is 6.51. The van der Waals surface area contributed by atoms with Gasteiger partial charge in [0.05, 0.1) is 27.4 Å². The summed E-state index contributed by atoms with van der Waals surface area (Å²) in [5.74, 6) is -0.981. The summed E-state index contributed by atoms with van der Waals surface area (Å²) in [6, 6.07) is 32.8. The highest BCUT2D eigenvalue weighted by Crippen LogP contribution is 2.40. The summed E-state index contributed by atoms with van der Waals surface area (Å²) in [5, 5.41) is 0. The lowest BCUT2D eigenvalue weighted by atomic mass is 9.90. The van der Waals surface area contributed by atoms with E-state index in [2.05, 4.69) is 53.4 Å². The van der Waals surface area contributed by atoms with Crippen LogP contribution in [0.5, 0.6) is 17.2 Å². The Bertz CT molecular complexity index is 1660. The van der Waals surface area contributed by atoms with Crippen LogP contribution in [0.15, 0.2) is 103 Å². The molecule has 2 aliphatic rings. The van der Waals surface area contributed by atoms with E-state index in [0.29, 0.717) is 38.3 Å². The molecule has 0 spiro atoms. The molecule has 0 N–H and O–H groups in total. The Kier molecular flexibility index (Phi) is 10.1. The molecule has 2 atom stereocenters. The fourth-order valence-corrected chi connectivity index (χ4v) is 7.11. The number of Topliss-reactive ketones (excluding diaryl/α,β-unsaturated/α-hetero) is 1. The highest BCUT2D eigenvalue weighted by molar-refractivity contribution is 6.43. The van der Waals surface area contributed by atoms with Gasteiger partial charge in [-0.05, 0) is 35.2 Å². The highest BCUT2D eigenvalue weighted by atomic mass is 16.5. The third-order valence-electron chi connectivity index (χ3n) is 9.48. The monoisotopic (exact) mass is 647 g/mol. The van der Waals surface area contributed by atoms with Crippen molar-refractivity contribution in [2.75, 3.05) is 54.1 Å². The third-order valence-corrected chi connectivity index (χ3v) is 9.48. The number of carbonyl (C=O) groups excluding carboxylic acids is 3. The minimum absolute atomic E-state index is 0.0578. The van der Waals surface area contributed by atoms with Gasteiger partial charge in [0.2, 0.25) is 11.7 Å². The maximum absolute atomic E-state index is 14.5. The fraction of sp³-hybridized carbons (Fsp3) is 0.308. The van der Waals surface area contributed by atoms with Crippen molar-refractivity contribution in [3.8, 4) is 17.2 Å². The molecule has 2 aliphatic heterocycles. The molecule has 0 aliphatic carbocycles. The first kappa shape index (κ1) is 32.8. The van der Waals surface area contributed by atoms with Crippen LogP contribution in [-0.2, 0) is 9.59 Å². The van der Waals surface area contributed by atoms with Gasteiger partial charge in [0.15, 0.2) is 11.5 Å². The largest absolute Gasteiger partial charge is 0.493 e. The molecule has 4 aromatic rings. The van der Waals surface area contributed by atoms with Gasteiger partial charge in [-0.1, -0.05) is 91.0 Å². The molecule has 2 fully saturated rings. The number of methoxy groups -OCH3 is 3. The summed E-state index contributed by atoms with van der Waals surface area (Å²) in [6.45, 7) is 2.64. The van der Waals surface area contributed by atoms with Crippen LogP contribution >= 0.6 is 0 Å². The first-order valence-corrected chi connectivity index (χ1v) is 16.3. The number of hydrogen-bond acceptors (Lipinski definition) is 7. The second kappa shape index (κ2) is 14.7. The van der Waals surface area contributed by atoms with Gasteiger partial charge in [-0.15, -0.1) is 0 Å². The predicted octanol–water partition coefficient (Wildman–Crippen LogP) is 5.21. The van der Waals surface area contributed by atoms with Crippen LogP contribution in [0, 0.1) is 0 Å². The predicted molar refractivity (Wildman–Crippen MR) is 183 cm³/mol. The smallest absolute Gasteiger partial charge is 0.295 e. The van der Waals surface area contributed by atoms with Gasteiger partial charge in [0.25, 0.3) is 11.7 Å². The summed E-state index contributed by atoms with van der Waals surface area (Å²) in [5.41, 5.74) is 3.47. The average Bonchev–Trinajstić information content (AvgIpc) is 3.60. The average molecular weight is 648 g/mol. The Morgan fingerprint density at radius 2 is 1.19 bits per heavy atom. The number of nitrogens with zero attached hydrogens (tertiary/aromatic N) is 3. The molecule has 0 radical (unpaired) electrons. The summed E-state index contributed by atoms with van der Waals surface area (Å²) < 4.78 is 16.2. The molecule has 2 heterocycles. The molecule has 6 rings (SSSR count). The van der Waals surface area contributed by atoms with E-state index >= 15 is 0 Å². The molecule has 2 saturated heterocycles. The first-order valence-electron chi connectivity index (χ1n) is 16.3. The van der Waals surface area contributed by atoms with Crippen LogP contribution in [0.4, 0.5) is 0 Å². The van der Waals surface area contributed by atoms with Gasteiger partial charge in [0, 0.05) is 44.2 Å². The molecular weight excluding hydrogens is 606 g/mol. The SMILES string of the molecule is COc1cc(C(=O)C(=O)N2CC[C@H](c3ccccc3)[C@H]2C(=O)N2CCN(C(c3ccccc3)c3ccccc3)CC2)cc(OC)c1OC. The molecule has 0 unspecified atom stereocenters. The fourth-order valence-electron chi connectivity index (χ4n) is 7.11. The number of hydrogen-bond donors (Lipinski definition) is 0. The molecule has 9 heteroatoms. The van der Waals surface area contributed by atoms with Crippen molar-refractivity contribution in [1.29, 1.82) is 0 Å². The van der Waals surface area contributed by atoms with Crippen molar-refractivity contribution < 1.29 is 28.6 Å². The number of benzene rings is 4. The minimum Gasteiger partial charge on any atom is -0.493 e. The Hall–Kier alpha value is -5.15. The normalized spacial score (nSPS) is 18.1. The van der Waals surface area contributed by atoms with E-state index in [-0.39, 0.29) is 41.5 Å². The Balaban J connectivity index is 1.25. The van der Waals surface area contributed by atoms with Crippen molar-refractivity contribution in [2.45, 2.75) is 24.4 Å². The number of amides is 2. The lowest BCUT2D eigenvalue weighted by Crippen LogP contribution is -2.56. The van der Waals surface area contributed by atoms with Crippen LogP contribution in [0.2, 0.25) is 0 Å². The number of carbonyl (C=O) groups is 3. The van der Waals surface area contributed by atoms with Gasteiger partial charge in [-0.2, -0.15) is 0 Å². The Labute approximate surface area is 281 Å². The van der Waals surface area contributed by atoms with E-state index in [1.165, 1.54) is 49.5 Å². The maximum Gasteiger partial charge on any atom is 0.295 e. The van der Waals surface area contributed by atoms with Crippen LogP contribution in [0.25, 0.3) is 0 Å². The molecule has 0 aromatic heterocycles. The zero-order chi connectivity index (χ0) is 33.6. The van der Waals surface area contributed by atoms with E-state index < -0.39 is 17.7 Å². The minimum atomic E-state index is -0.809. The Morgan fingerprint density at radius 3 is 1.69 bits per heavy atom. The van der Waals surface area contributed by atoms with Crippen molar-refractivity contribution in [1.82, 2.24) is 14.7 Å². The number of likely N-dealkylation sites (tertiary alicyclic amines) is 1. The molecular formula is C39H41N3O6. The van der Waals surface area contributed by atoms with Gasteiger partial charge in [-0.25, -0.2) is 0 Å². The lowest BCUT2D eigenvalue weighted by molar-refractivity contribution is -0.143. The standard InChI is InChI=1S/C39H41N3O6/c1-46-32-25-30(26-33(47-2)37(32)48-3)36(43)39(45)42-20-19-31(27-13-7-4-8-14-27)35(42)38(44)41-23-21-40(22-24-41)34(28-15-9-5-10-16-28)29-17-11-6-12-18-29/h4-18,25-26,31,34-35H,19-24H2,1-3H3/t31-,35+/m1/s1. The van der Waals surface area contributed by atoms with Crippen molar-refractivity contribution in [3.63, 3.8) is 0 Å². The lowest BCUT2D eigenvalue weighted by Gasteiger charge is -2.41. The van der Waals surface area contributed by atoms with E-state index in [9.17, 15) is 14.4 Å². The second-order valence-corrected chi connectivity index (χ2v) is 12.1. The Morgan fingerprint density at radius 1 is 0.667 bits per heavy atom. The first-order chi connectivity index (χ1) is 23.4. The zero-order valence-corrected chi connectivity index (χ0v) is 27.6. The van der Waals surface area contributed by atoms with Crippen LogP contribution in [-0.4, -0.2) is 92.4 Å². The molecule has 0 saturated carbocycles. The van der Waals surface area contributed by atoms with Crippen LogP contribution in [0.1, 0.15) is 45.4 Å². The molecule has 9 nitrogen and oxygen atoms in total. The van der Waals surface area contributed by atoms with Crippen LogP contribution in [0.3, 0.4) is 0 Å². The van der Waals surface area contributed by atoms with E-state index in [4.69, 9.17) is 14.2 Å². The van der Waals surface area contributed by atoms with E-state index in [1.54, 1.807) is 0 Å². The summed E-state index contributed by atoms with van der Waals surface area (Å²) in [7, 11) is 4.38. The summed E-state index contributed by atoms with van der Waals surface area (Å²) in [4.78, 5) is 48.0. The zero-order valence-electron chi connectivity index (χ0n) is 27.6. The number of ether oxygens (including phenoxy) is 3. The van der Waals surface area contributed by atoms with Gasteiger partial charge >= 0.3 is 0 Å². The number of ketones is 1. The molecule has 2 amide bonds. The quantitative estimate of drug-likeness (QED) is 0.173. The van der Waals surface area contributed by atoms with Crippen molar-refractivity contribution in [2.24, 2.45) is 0 Å². The van der Waals surface area contributed by atoms with Crippen LogP contribution < -0.4 is 14.2 Å². The topological polar surface area (TPSA) is 88.6 Å². The molecule has 48 heavy (non-hydrogen) atoms. The van der Waals surface area contributed by atoms with Gasteiger partial charge < -0.3 is 24.0 Å². The van der Waals surface area contributed by atoms with Gasteiger partial charge in [-0.3, -0.25) is 19.3 Å². The second-order valence-electron chi connectivity index (χ2n) is 12.1. The number of rotatable bonds is 10. The van der Waals surface area contributed by atoms with Crippen molar-refractivity contribution in [3.05, 3.63) is 125 Å². The summed E-state index contributed by atoms with van der Waals surface area (Å²) in [6.07, 6.45) is 0.568. The van der Waals surface area contributed by atoms with E-state index in [1.807, 2.05) is 47.4 Å². The summed E-state index contributed by atoms with van der Waals surface area (Å²) >= 11 is 0. The number of piperazine rings is 1. The van der Waals surface area contributed by atoms with E-state index in [0.717, 1.165) is 5.56 Å². The van der Waals surface area contributed by atoms with Crippen molar-refractivity contribution >= 4 is 17.6 Å². The molecule has 4 aromatic carbocycles. The van der Waals surface area contributed by atoms with Gasteiger partial charge in [0.1, 0.15) is 6.04 Å². The maximum atomic E-state index is 14.5.